The van der Waals surface area contributed by atoms with E-state index < -0.39 is 0 Å². The number of rotatable bonds is 2. The number of nitrogens with zero attached hydrogens (tertiary/aromatic N) is 2. The van der Waals surface area contributed by atoms with E-state index in [-0.39, 0.29) is 5.91 Å². The number of halogens is 1. The average molecular weight is 312 g/mol. The largest absolute Gasteiger partial charge is 0.362 e. The zero-order valence-electron chi connectivity index (χ0n) is 10.5. The monoisotopic (exact) mass is 311 g/mol. The molecular weight excluding hydrogens is 294 g/mol. The van der Waals surface area contributed by atoms with Crippen LogP contribution in [0.5, 0.6) is 0 Å². The van der Waals surface area contributed by atoms with Crippen molar-refractivity contribution in [1.82, 2.24) is 4.90 Å². The molecule has 98 valence electrons. The molecule has 5 heteroatoms. The minimum Gasteiger partial charge on any atom is -0.362 e. The molecule has 0 spiro atoms. The molecule has 18 heavy (non-hydrogen) atoms. The summed E-state index contributed by atoms with van der Waals surface area (Å²) in [5, 5.41) is 0. The number of amides is 1. The Bertz CT molecular complexity index is 450. The predicted molar refractivity (Wildman–Crippen MR) is 76.5 cm³/mol. The van der Waals surface area contributed by atoms with Crippen molar-refractivity contribution in [3.63, 3.8) is 0 Å². The van der Waals surface area contributed by atoms with Crippen LogP contribution in [0.1, 0.15) is 12.0 Å². The van der Waals surface area contributed by atoms with Gasteiger partial charge in [-0.1, -0.05) is 22.0 Å². The zero-order chi connectivity index (χ0) is 13.1. The van der Waals surface area contributed by atoms with Gasteiger partial charge >= 0.3 is 0 Å². The van der Waals surface area contributed by atoms with E-state index in [1.165, 1.54) is 0 Å². The van der Waals surface area contributed by atoms with Gasteiger partial charge < -0.3 is 15.5 Å². The molecule has 1 aromatic carbocycles. The van der Waals surface area contributed by atoms with E-state index in [1.54, 1.807) is 4.90 Å². The van der Waals surface area contributed by atoms with Gasteiger partial charge in [0.1, 0.15) is 0 Å². The van der Waals surface area contributed by atoms with Gasteiger partial charge in [-0.15, -0.1) is 0 Å². The first kappa shape index (κ1) is 13.4. The lowest BCUT2D eigenvalue weighted by molar-refractivity contribution is -0.127. The lowest BCUT2D eigenvalue weighted by Gasteiger charge is -2.24. The second kappa shape index (κ2) is 5.71. The molecule has 1 fully saturated rings. The van der Waals surface area contributed by atoms with Crippen LogP contribution in [-0.4, -0.2) is 37.5 Å². The fourth-order valence-corrected chi connectivity index (χ4v) is 2.55. The molecule has 0 radical (unpaired) electrons. The summed E-state index contributed by atoms with van der Waals surface area (Å²) in [4.78, 5) is 15.8. The molecule has 2 rings (SSSR count). The normalized spacial score (nSPS) is 16.9. The Kier molecular flexibility index (Phi) is 4.24. The van der Waals surface area contributed by atoms with Crippen molar-refractivity contribution >= 4 is 27.5 Å². The van der Waals surface area contributed by atoms with E-state index >= 15 is 0 Å². The summed E-state index contributed by atoms with van der Waals surface area (Å²) in [6.07, 6.45) is 0.985. The average Bonchev–Trinajstić information content (AvgIpc) is 2.52. The Labute approximate surface area is 116 Å². The molecule has 0 aliphatic carbocycles. The molecule has 2 N–H and O–H groups in total. The van der Waals surface area contributed by atoms with Gasteiger partial charge in [0.15, 0.2) is 0 Å². The van der Waals surface area contributed by atoms with E-state index in [0.29, 0.717) is 13.1 Å². The van der Waals surface area contributed by atoms with Gasteiger partial charge in [0.05, 0.1) is 6.54 Å². The van der Waals surface area contributed by atoms with Crippen molar-refractivity contribution in [1.29, 1.82) is 0 Å². The lowest BCUT2D eigenvalue weighted by Crippen LogP contribution is -2.34. The smallest absolute Gasteiger partial charge is 0.241 e. The molecule has 0 bridgehead atoms. The molecule has 0 unspecified atom stereocenters. The van der Waals surface area contributed by atoms with Crippen molar-refractivity contribution in [3.05, 3.63) is 28.2 Å². The first-order valence-electron chi connectivity index (χ1n) is 6.09. The SMILES string of the molecule is CN1CCCN(c2cc(Br)ccc2CN)CC1=O. The molecule has 1 aliphatic rings. The van der Waals surface area contributed by atoms with E-state index in [4.69, 9.17) is 5.73 Å². The van der Waals surface area contributed by atoms with Gasteiger partial charge in [-0.25, -0.2) is 0 Å². The number of hydrogen-bond donors (Lipinski definition) is 1. The van der Waals surface area contributed by atoms with Crippen LogP contribution in [0.15, 0.2) is 22.7 Å². The molecule has 1 amide bonds. The van der Waals surface area contributed by atoms with Crippen LogP contribution in [0.25, 0.3) is 0 Å². The molecule has 4 nitrogen and oxygen atoms in total. The predicted octanol–water partition coefficient (Wildman–Crippen LogP) is 1.58. The van der Waals surface area contributed by atoms with Gasteiger partial charge in [-0.3, -0.25) is 4.79 Å². The summed E-state index contributed by atoms with van der Waals surface area (Å²) < 4.78 is 1.01. The number of carbonyl (C=O) groups excluding carboxylic acids is 1. The van der Waals surface area contributed by atoms with Crippen LogP contribution in [-0.2, 0) is 11.3 Å². The Morgan fingerprint density at radius 3 is 2.89 bits per heavy atom. The van der Waals surface area contributed by atoms with Gasteiger partial charge in [0.25, 0.3) is 0 Å². The van der Waals surface area contributed by atoms with Crippen LogP contribution in [0.2, 0.25) is 0 Å². The van der Waals surface area contributed by atoms with E-state index in [1.807, 2.05) is 25.2 Å². The lowest BCUT2D eigenvalue weighted by atomic mass is 10.1. The quantitative estimate of drug-likeness (QED) is 0.902. The highest BCUT2D eigenvalue weighted by atomic mass is 79.9. The third kappa shape index (κ3) is 2.84. The van der Waals surface area contributed by atoms with E-state index in [2.05, 4.69) is 20.8 Å². The number of hydrogen-bond acceptors (Lipinski definition) is 3. The minimum absolute atomic E-state index is 0.162. The Morgan fingerprint density at radius 1 is 1.39 bits per heavy atom. The summed E-state index contributed by atoms with van der Waals surface area (Å²) in [5.74, 6) is 0.162. The highest BCUT2D eigenvalue weighted by molar-refractivity contribution is 9.10. The maximum Gasteiger partial charge on any atom is 0.241 e. The number of anilines is 1. The highest BCUT2D eigenvalue weighted by Gasteiger charge is 2.20. The van der Waals surface area contributed by atoms with E-state index in [0.717, 1.165) is 35.2 Å². The summed E-state index contributed by atoms with van der Waals surface area (Å²) >= 11 is 3.48. The molecule has 0 saturated carbocycles. The van der Waals surface area contributed by atoms with Crippen molar-refractivity contribution in [2.45, 2.75) is 13.0 Å². The van der Waals surface area contributed by atoms with E-state index in [9.17, 15) is 4.79 Å². The van der Waals surface area contributed by atoms with Gasteiger partial charge in [-0.05, 0) is 24.1 Å². The standard InChI is InChI=1S/C13H18BrN3O/c1-16-5-2-6-17(9-13(16)18)12-7-11(14)4-3-10(12)8-15/h3-4,7H,2,5-6,8-9,15H2,1H3. The van der Waals surface area contributed by atoms with Crippen molar-refractivity contribution < 1.29 is 4.79 Å². The third-order valence-electron chi connectivity index (χ3n) is 3.28. The number of carbonyl (C=O) groups is 1. The number of benzene rings is 1. The topological polar surface area (TPSA) is 49.6 Å². The maximum absolute atomic E-state index is 11.9. The number of nitrogens with two attached hydrogens (primary N) is 1. The molecule has 0 aromatic heterocycles. The minimum atomic E-state index is 0.162. The Balaban J connectivity index is 2.29. The van der Waals surface area contributed by atoms with Crippen LogP contribution in [0, 0.1) is 0 Å². The van der Waals surface area contributed by atoms with Gasteiger partial charge in [0.2, 0.25) is 5.91 Å². The fourth-order valence-electron chi connectivity index (χ4n) is 2.20. The second-order valence-electron chi connectivity index (χ2n) is 4.57. The molecule has 1 aromatic rings. The molecule has 0 atom stereocenters. The highest BCUT2D eigenvalue weighted by Crippen LogP contribution is 2.26. The van der Waals surface area contributed by atoms with Crippen LogP contribution < -0.4 is 10.6 Å². The summed E-state index contributed by atoms with van der Waals surface area (Å²) in [5.41, 5.74) is 7.92. The molecule has 1 saturated heterocycles. The Hall–Kier alpha value is -1.07. The third-order valence-corrected chi connectivity index (χ3v) is 3.77. The first-order valence-corrected chi connectivity index (χ1v) is 6.88. The molecule has 1 heterocycles. The summed E-state index contributed by atoms with van der Waals surface area (Å²) in [6.45, 7) is 2.63. The van der Waals surface area contributed by atoms with Crippen molar-refractivity contribution in [2.75, 3.05) is 31.6 Å². The number of likely N-dealkylation sites (N-methyl/N-ethyl adjacent to an activating group) is 1. The van der Waals surface area contributed by atoms with Gasteiger partial charge in [0, 0.05) is 36.8 Å². The Morgan fingerprint density at radius 2 is 2.17 bits per heavy atom. The first-order chi connectivity index (χ1) is 8.61. The van der Waals surface area contributed by atoms with Gasteiger partial charge in [-0.2, -0.15) is 0 Å². The molecular formula is C13H18BrN3O. The fraction of sp³-hybridized carbons (Fsp3) is 0.462. The molecule has 1 aliphatic heterocycles. The van der Waals surface area contributed by atoms with Crippen LogP contribution in [0.4, 0.5) is 5.69 Å². The van der Waals surface area contributed by atoms with Crippen molar-refractivity contribution in [3.8, 4) is 0 Å². The second-order valence-corrected chi connectivity index (χ2v) is 5.48. The summed E-state index contributed by atoms with van der Waals surface area (Å²) in [7, 11) is 1.86. The van der Waals surface area contributed by atoms with Crippen LogP contribution >= 0.6 is 15.9 Å². The summed E-state index contributed by atoms with van der Waals surface area (Å²) in [6, 6.07) is 6.04. The van der Waals surface area contributed by atoms with Crippen LogP contribution in [0.3, 0.4) is 0 Å². The van der Waals surface area contributed by atoms with Crippen molar-refractivity contribution in [2.24, 2.45) is 5.73 Å². The maximum atomic E-state index is 11.9. The zero-order valence-corrected chi connectivity index (χ0v) is 12.1.